The molecule has 1 aromatic carbocycles. The number of para-hydroxylation sites is 1. The Morgan fingerprint density at radius 3 is 2.70 bits per heavy atom. The first-order valence-electron chi connectivity index (χ1n) is 9.25. The summed E-state index contributed by atoms with van der Waals surface area (Å²) in [5.41, 5.74) is 1.10. The van der Waals surface area contributed by atoms with E-state index in [2.05, 4.69) is 33.8 Å². The highest BCUT2D eigenvalue weighted by molar-refractivity contribution is 14.0. The van der Waals surface area contributed by atoms with Crippen LogP contribution in [0, 0.1) is 12.8 Å². The van der Waals surface area contributed by atoms with Gasteiger partial charge in [-0.05, 0) is 38.7 Å². The van der Waals surface area contributed by atoms with E-state index in [-0.39, 0.29) is 24.0 Å². The molecule has 7 nitrogen and oxygen atoms in total. The molecule has 27 heavy (non-hydrogen) atoms. The number of nitrogens with one attached hydrogen (secondary N) is 2. The molecule has 1 heterocycles. The van der Waals surface area contributed by atoms with Crippen LogP contribution in [-0.2, 0) is 20.1 Å². The number of aryl methyl sites for hydroxylation is 1. The van der Waals surface area contributed by atoms with Crippen LogP contribution in [0.15, 0.2) is 29.3 Å². The first-order valence-corrected chi connectivity index (χ1v) is 9.25. The fourth-order valence-corrected chi connectivity index (χ4v) is 2.54. The van der Waals surface area contributed by atoms with E-state index in [4.69, 9.17) is 9.73 Å². The van der Waals surface area contributed by atoms with Crippen LogP contribution >= 0.6 is 24.0 Å². The molecule has 0 unspecified atom stereocenters. The zero-order valence-electron chi connectivity index (χ0n) is 16.2. The topological polar surface area (TPSA) is 76.4 Å². The molecule has 1 saturated carbocycles. The smallest absolute Gasteiger partial charge is 0.191 e. The Balaban J connectivity index is 0.00000261. The van der Waals surface area contributed by atoms with Crippen molar-refractivity contribution in [1.82, 2.24) is 25.4 Å². The minimum atomic E-state index is 0. The van der Waals surface area contributed by atoms with Crippen LogP contribution in [0.4, 0.5) is 0 Å². The molecular weight excluding hydrogens is 455 g/mol. The second kappa shape index (κ2) is 10.5. The minimum absolute atomic E-state index is 0. The molecule has 0 radical (unpaired) electrons. The summed E-state index contributed by atoms with van der Waals surface area (Å²) in [6.45, 7) is 6.73. The van der Waals surface area contributed by atoms with Gasteiger partial charge in [-0.3, -0.25) is 0 Å². The number of aliphatic imine (C=N–C) groups is 1. The normalized spacial score (nSPS) is 13.8. The molecule has 3 rings (SSSR count). The highest BCUT2D eigenvalue weighted by atomic mass is 127. The molecule has 148 valence electrons. The molecule has 0 aliphatic heterocycles. The molecule has 2 aromatic rings. The van der Waals surface area contributed by atoms with E-state index in [0.29, 0.717) is 13.1 Å². The van der Waals surface area contributed by atoms with E-state index in [0.717, 1.165) is 48.0 Å². The number of hydrogen-bond acceptors (Lipinski definition) is 4. The van der Waals surface area contributed by atoms with E-state index < -0.39 is 0 Å². The molecule has 1 aliphatic rings. The molecule has 1 aromatic heterocycles. The van der Waals surface area contributed by atoms with Crippen molar-refractivity contribution in [1.29, 1.82) is 0 Å². The van der Waals surface area contributed by atoms with Crippen molar-refractivity contribution in [3.63, 3.8) is 0 Å². The molecule has 1 fully saturated rings. The minimum Gasteiger partial charge on any atom is -0.493 e. The quantitative estimate of drug-likeness (QED) is 0.343. The Bertz CT molecular complexity index is 756. The van der Waals surface area contributed by atoms with Crippen LogP contribution < -0.4 is 15.4 Å². The molecule has 0 atom stereocenters. The summed E-state index contributed by atoms with van der Waals surface area (Å²) in [7, 11) is 1.96. The fraction of sp³-hybridized carbons (Fsp3) is 0.526. The van der Waals surface area contributed by atoms with Gasteiger partial charge in [0, 0.05) is 19.2 Å². The third-order valence-corrected chi connectivity index (χ3v) is 4.49. The maximum Gasteiger partial charge on any atom is 0.191 e. The highest BCUT2D eigenvalue weighted by Crippen LogP contribution is 2.30. The van der Waals surface area contributed by atoms with Gasteiger partial charge in [-0.15, -0.1) is 34.2 Å². The number of guanidine groups is 1. The van der Waals surface area contributed by atoms with Crippen LogP contribution in [0.25, 0.3) is 0 Å². The number of nitrogens with zero attached hydrogens (tertiary/aromatic N) is 4. The van der Waals surface area contributed by atoms with Crippen LogP contribution in [0.2, 0.25) is 0 Å². The number of ether oxygens (including phenoxy) is 1. The molecule has 2 N–H and O–H groups in total. The fourth-order valence-electron chi connectivity index (χ4n) is 2.54. The van der Waals surface area contributed by atoms with Crippen LogP contribution in [0.1, 0.15) is 37.0 Å². The lowest BCUT2D eigenvalue weighted by molar-refractivity contribution is 0.297. The standard InChI is InChI=1S/C19H28N6O.HI/c1-4-20-19(22-12-18-24-23-14(2)25(18)3)21-11-16-7-5-6-8-17(16)26-13-15-9-10-15;/h5-8,15H,4,9-13H2,1-3H3,(H2,20,21,22);1H. The summed E-state index contributed by atoms with van der Waals surface area (Å²) >= 11 is 0. The maximum atomic E-state index is 5.97. The maximum absolute atomic E-state index is 5.97. The average molecular weight is 484 g/mol. The van der Waals surface area contributed by atoms with Gasteiger partial charge in [0.1, 0.15) is 11.6 Å². The van der Waals surface area contributed by atoms with Gasteiger partial charge in [0.05, 0.1) is 19.7 Å². The highest BCUT2D eigenvalue weighted by Gasteiger charge is 2.22. The monoisotopic (exact) mass is 484 g/mol. The molecule has 1 aliphatic carbocycles. The SMILES string of the molecule is CCNC(=NCc1ccccc1OCC1CC1)NCc1nnc(C)n1C.I. The summed E-state index contributed by atoms with van der Waals surface area (Å²) < 4.78 is 7.94. The first kappa shape index (κ1) is 21.5. The van der Waals surface area contributed by atoms with Gasteiger partial charge in [-0.1, -0.05) is 18.2 Å². The lowest BCUT2D eigenvalue weighted by atomic mass is 10.2. The van der Waals surface area contributed by atoms with Crippen molar-refractivity contribution < 1.29 is 4.74 Å². The van der Waals surface area contributed by atoms with Crippen LogP contribution in [0.3, 0.4) is 0 Å². The van der Waals surface area contributed by atoms with E-state index in [1.807, 2.05) is 36.7 Å². The van der Waals surface area contributed by atoms with Crippen molar-refractivity contribution in [2.24, 2.45) is 18.0 Å². The van der Waals surface area contributed by atoms with Gasteiger partial charge in [-0.2, -0.15) is 0 Å². The number of benzene rings is 1. The summed E-state index contributed by atoms with van der Waals surface area (Å²) in [4.78, 5) is 4.70. The van der Waals surface area contributed by atoms with Gasteiger partial charge < -0.3 is 19.9 Å². The summed E-state index contributed by atoms with van der Waals surface area (Å²) in [6.07, 6.45) is 2.58. The Morgan fingerprint density at radius 1 is 1.26 bits per heavy atom. The van der Waals surface area contributed by atoms with Crippen molar-refractivity contribution in [2.75, 3.05) is 13.2 Å². The van der Waals surface area contributed by atoms with E-state index in [1.165, 1.54) is 12.8 Å². The Kier molecular flexibility index (Phi) is 8.33. The summed E-state index contributed by atoms with van der Waals surface area (Å²) in [5, 5.41) is 14.8. The second-order valence-corrected chi connectivity index (χ2v) is 6.63. The second-order valence-electron chi connectivity index (χ2n) is 6.63. The molecule has 0 amide bonds. The van der Waals surface area contributed by atoms with Crippen LogP contribution in [0.5, 0.6) is 5.75 Å². The predicted octanol–water partition coefficient (Wildman–Crippen LogP) is 2.79. The lowest BCUT2D eigenvalue weighted by Gasteiger charge is -2.13. The third-order valence-electron chi connectivity index (χ3n) is 4.49. The molecular formula is C19H29IN6O. The number of hydrogen-bond donors (Lipinski definition) is 2. The summed E-state index contributed by atoms with van der Waals surface area (Å²) in [6, 6.07) is 8.13. The lowest BCUT2D eigenvalue weighted by Crippen LogP contribution is -2.37. The predicted molar refractivity (Wildman–Crippen MR) is 117 cm³/mol. The van der Waals surface area contributed by atoms with Gasteiger partial charge in [0.2, 0.25) is 0 Å². The van der Waals surface area contributed by atoms with Crippen molar-refractivity contribution >= 4 is 29.9 Å². The van der Waals surface area contributed by atoms with Gasteiger partial charge in [-0.25, -0.2) is 4.99 Å². The molecule has 0 spiro atoms. The largest absolute Gasteiger partial charge is 0.493 e. The van der Waals surface area contributed by atoms with E-state index >= 15 is 0 Å². The van der Waals surface area contributed by atoms with Gasteiger partial charge in [0.25, 0.3) is 0 Å². The Labute approximate surface area is 178 Å². The Hall–Kier alpha value is -1.84. The van der Waals surface area contributed by atoms with E-state index in [1.54, 1.807) is 0 Å². The average Bonchev–Trinajstić information content (AvgIpc) is 3.43. The third kappa shape index (κ3) is 6.37. The van der Waals surface area contributed by atoms with Crippen molar-refractivity contribution in [3.8, 4) is 5.75 Å². The molecule has 0 bridgehead atoms. The molecule has 8 heteroatoms. The zero-order chi connectivity index (χ0) is 18.4. The Morgan fingerprint density at radius 2 is 2.04 bits per heavy atom. The van der Waals surface area contributed by atoms with Gasteiger partial charge in [0.15, 0.2) is 11.8 Å². The van der Waals surface area contributed by atoms with Crippen molar-refractivity contribution in [3.05, 3.63) is 41.5 Å². The van der Waals surface area contributed by atoms with Crippen LogP contribution in [-0.4, -0.2) is 33.9 Å². The number of halogens is 1. The van der Waals surface area contributed by atoms with Crippen molar-refractivity contribution in [2.45, 2.75) is 39.8 Å². The number of aromatic nitrogens is 3. The van der Waals surface area contributed by atoms with Gasteiger partial charge >= 0.3 is 0 Å². The number of rotatable bonds is 8. The molecule has 0 saturated heterocycles. The first-order chi connectivity index (χ1) is 12.7. The zero-order valence-corrected chi connectivity index (χ0v) is 18.6. The summed E-state index contributed by atoms with van der Waals surface area (Å²) in [5.74, 6) is 4.19. The van der Waals surface area contributed by atoms with E-state index in [9.17, 15) is 0 Å².